The number of aromatic nitrogens is 1. The molecule has 0 radical (unpaired) electrons. The number of nitrogens with one attached hydrogen (secondary N) is 2. The number of ether oxygens (including phenoxy) is 1. The van der Waals surface area contributed by atoms with Gasteiger partial charge in [0.1, 0.15) is 11.6 Å². The van der Waals surface area contributed by atoms with Crippen molar-refractivity contribution in [3.63, 3.8) is 0 Å². The van der Waals surface area contributed by atoms with E-state index in [0.717, 1.165) is 22.2 Å². The van der Waals surface area contributed by atoms with Gasteiger partial charge in [-0.2, -0.15) is 0 Å². The number of benzene rings is 1. The summed E-state index contributed by atoms with van der Waals surface area (Å²) in [5, 5.41) is 3.76. The van der Waals surface area contributed by atoms with Gasteiger partial charge in [0, 0.05) is 30.1 Å². The first-order valence-corrected chi connectivity index (χ1v) is 10.1. The number of H-pyrrole nitrogens is 1. The molecule has 1 aromatic heterocycles. The Hall–Kier alpha value is -2.50. The molecule has 1 unspecified atom stereocenters. The molecule has 2 N–H and O–H groups in total. The van der Waals surface area contributed by atoms with Gasteiger partial charge in [-0.25, -0.2) is 4.79 Å². The number of amides is 2. The van der Waals surface area contributed by atoms with E-state index in [0.29, 0.717) is 13.0 Å². The van der Waals surface area contributed by atoms with Gasteiger partial charge in [0.2, 0.25) is 5.91 Å². The average Bonchev–Trinajstić information content (AvgIpc) is 3.06. The molecule has 0 spiro atoms. The predicted octanol–water partition coefficient (Wildman–Crippen LogP) is 4.63. The van der Waals surface area contributed by atoms with Crippen molar-refractivity contribution in [3.8, 4) is 0 Å². The number of para-hydroxylation sites is 1. The summed E-state index contributed by atoms with van der Waals surface area (Å²) in [6.07, 6.45) is -0.00135. The van der Waals surface area contributed by atoms with Gasteiger partial charge >= 0.3 is 6.09 Å². The lowest BCUT2D eigenvalue weighted by atomic mass is 9.96. The first kappa shape index (κ1) is 23.5. The van der Waals surface area contributed by atoms with E-state index in [1.807, 2.05) is 72.7 Å². The molecule has 0 aliphatic carbocycles. The first-order chi connectivity index (χ1) is 13.3. The lowest BCUT2D eigenvalue weighted by molar-refractivity contribution is -0.126. The van der Waals surface area contributed by atoms with Crippen LogP contribution in [0.4, 0.5) is 4.79 Å². The van der Waals surface area contributed by atoms with E-state index in [-0.39, 0.29) is 5.91 Å². The van der Waals surface area contributed by atoms with Crippen molar-refractivity contribution in [1.82, 2.24) is 15.2 Å². The highest BCUT2D eigenvalue weighted by Gasteiger charge is 2.38. The zero-order valence-corrected chi connectivity index (χ0v) is 18.5. The van der Waals surface area contributed by atoms with E-state index in [1.54, 1.807) is 7.05 Å². The summed E-state index contributed by atoms with van der Waals surface area (Å²) in [6.45, 7) is 13.8. The molecule has 2 aromatic rings. The molecule has 2 heterocycles. The second-order valence-corrected chi connectivity index (χ2v) is 7.07. The van der Waals surface area contributed by atoms with Crippen molar-refractivity contribution in [2.45, 2.75) is 73.1 Å². The van der Waals surface area contributed by atoms with E-state index in [9.17, 15) is 9.59 Å². The smallest absolute Gasteiger partial charge is 0.411 e. The standard InChI is InChI=1S/C18H23N3O3.2C2H6/c1-18(2,3)24-17(23)21-10-14-12(9-15(21)16(22)19-4)11-7-5-6-8-13(11)20-14;2*1-2/h5-8,15,20H,9-10H2,1-4H3,(H,19,22);2*1-2H3. The van der Waals surface area contributed by atoms with Crippen LogP contribution in [-0.2, 0) is 22.5 Å². The fourth-order valence-electron chi connectivity index (χ4n) is 3.12. The van der Waals surface area contributed by atoms with Crippen molar-refractivity contribution < 1.29 is 14.3 Å². The number of hydrogen-bond acceptors (Lipinski definition) is 3. The minimum Gasteiger partial charge on any atom is -0.444 e. The molecule has 0 saturated carbocycles. The number of rotatable bonds is 1. The van der Waals surface area contributed by atoms with Gasteiger partial charge in [-0.1, -0.05) is 45.9 Å². The highest BCUT2D eigenvalue weighted by Crippen LogP contribution is 2.31. The number of nitrogens with zero attached hydrogens (tertiary/aromatic N) is 1. The Morgan fingerprint density at radius 3 is 2.32 bits per heavy atom. The number of likely N-dealkylation sites (N-methyl/N-ethyl adjacent to an activating group) is 1. The van der Waals surface area contributed by atoms with Gasteiger partial charge in [0.25, 0.3) is 0 Å². The Kier molecular flexibility index (Phi) is 8.54. The first-order valence-electron chi connectivity index (χ1n) is 10.1. The molecular weight excluding hydrogens is 354 g/mol. The Morgan fingerprint density at radius 1 is 1.14 bits per heavy atom. The Labute approximate surface area is 168 Å². The number of aromatic amines is 1. The van der Waals surface area contributed by atoms with Crippen molar-refractivity contribution >= 4 is 22.9 Å². The van der Waals surface area contributed by atoms with Crippen LogP contribution in [0.2, 0.25) is 0 Å². The van der Waals surface area contributed by atoms with Crippen LogP contribution in [0.3, 0.4) is 0 Å². The van der Waals surface area contributed by atoms with Gasteiger partial charge in [-0.3, -0.25) is 9.69 Å². The second kappa shape index (κ2) is 10.2. The van der Waals surface area contributed by atoms with Crippen molar-refractivity contribution in [2.75, 3.05) is 7.05 Å². The van der Waals surface area contributed by atoms with Gasteiger partial charge < -0.3 is 15.0 Å². The second-order valence-electron chi connectivity index (χ2n) is 7.07. The maximum absolute atomic E-state index is 12.6. The summed E-state index contributed by atoms with van der Waals surface area (Å²) in [5.41, 5.74) is 2.47. The Bertz CT molecular complexity index is 790. The van der Waals surface area contributed by atoms with Gasteiger partial charge in [-0.15, -0.1) is 0 Å². The summed E-state index contributed by atoms with van der Waals surface area (Å²) in [5.74, 6) is -0.184. The molecule has 1 aliphatic heterocycles. The highest BCUT2D eigenvalue weighted by atomic mass is 16.6. The number of hydrogen-bond donors (Lipinski definition) is 2. The summed E-state index contributed by atoms with van der Waals surface area (Å²) >= 11 is 0. The molecule has 28 heavy (non-hydrogen) atoms. The van der Waals surface area contributed by atoms with Crippen molar-refractivity contribution in [1.29, 1.82) is 0 Å². The summed E-state index contributed by atoms with van der Waals surface area (Å²) in [6, 6.07) is 7.41. The predicted molar refractivity (Wildman–Crippen MR) is 114 cm³/mol. The summed E-state index contributed by atoms with van der Waals surface area (Å²) in [7, 11) is 1.58. The van der Waals surface area contributed by atoms with Crippen LogP contribution in [0.25, 0.3) is 10.9 Å². The third-order valence-corrected chi connectivity index (χ3v) is 4.18. The van der Waals surface area contributed by atoms with E-state index in [4.69, 9.17) is 4.74 Å². The molecule has 0 fully saturated rings. The molecular formula is C22H35N3O3. The van der Waals surface area contributed by atoms with E-state index >= 15 is 0 Å². The van der Waals surface area contributed by atoms with Crippen LogP contribution < -0.4 is 5.32 Å². The fourth-order valence-corrected chi connectivity index (χ4v) is 3.12. The zero-order valence-electron chi connectivity index (χ0n) is 18.5. The van der Waals surface area contributed by atoms with Crippen LogP contribution in [0.15, 0.2) is 24.3 Å². The number of fused-ring (bicyclic) bond motifs is 3. The topological polar surface area (TPSA) is 74.4 Å². The van der Waals surface area contributed by atoms with Crippen LogP contribution in [0.5, 0.6) is 0 Å². The number of carbonyl (C=O) groups excluding carboxylic acids is 2. The molecule has 0 bridgehead atoms. The zero-order chi connectivity index (χ0) is 21.5. The van der Waals surface area contributed by atoms with Crippen LogP contribution >= 0.6 is 0 Å². The molecule has 2 amide bonds. The normalized spacial score (nSPS) is 15.4. The fraction of sp³-hybridized carbons (Fsp3) is 0.545. The Balaban J connectivity index is 0.000000921. The SMILES string of the molecule is CC.CC.CNC(=O)C1Cc2c([nH]c3ccccc23)CN1C(=O)OC(C)(C)C. The molecule has 3 rings (SSSR count). The summed E-state index contributed by atoms with van der Waals surface area (Å²) < 4.78 is 5.48. The van der Waals surface area contributed by atoms with E-state index < -0.39 is 17.7 Å². The molecule has 1 aromatic carbocycles. The lowest BCUT2D eigenvalue weighted by Crippen LogP contribution is -2.53. The lowest BCUT2D eigenvalue weighted by Gasteiger charge is -2.35. The van der Waals surface area contributed by atoms with Gasteiger partial charge in [0.05, 0.1) is 6.54 Å². The van der Waals surface area contributed by atoms with Crippen LogP contribution in [0.1, 0.15) is 59.7 Å². The van der Waals surface area contributed by atoms with Gasteiger partial charge in [0.15, 0.2) is 0 Å². The van der Waals surface area contributed by atoms with Crippen molar-refractivity contribution in [2.24, 2.45) is 0 Å². The monoisotopic (exact) mass is 389 g/mol. The molecule has 6 heteroatoms. The van der Waals surface area contributed by atoms with Gasteiger partial charge in [-0.05, 0) is 32.4 Å². The minimum absolute atomic E-state index is 0.184. The van der Waals surface area contributed by atoms with Crippen LogP contribution in [0, 0.1) is 0 Å². The van der Waals surface area contributed by atoms with Crippen molar-refractivity contribution in [3.05, 3.63) is 35.5 Å². The van der Waals surface area contributed by atoms with E-state index in [1.165, 1.54) is 4.90 Å². The third kappa shape index (κ3) is 5.27. The molecule has 156 valence electrons. The molecule has 1 aliphatic rings. The maximum Gasteiger partial charge on any atom is 0.411 e. The summed E-state index contributed by atoms with van der Waals surface area (Å²) in [4.78, 5) is 29.8. The molecule has 1 atom stereocenters. The molecule has 0 saturated heterocycles. The number of carbonyl (C=O) groups is 2. The molecule has 6 nitrogen and oxygen atoms in total. The highest BCUT2D eigenvalue weighted by molar-refractivity contribution is 5.90. The minimum atomic E-state index is -0.606. The van der Waals surface area contributed by atoms with E-state index in [2.05, 4.69) is 10.3 Å². The Morgan fingerprint density at radius 2 is 1.75 bits per heavy atom. The third-order valence-electron chi connectivity index (χ3n) is 4.18. The quantitative estimate of drug-likeness (QED) is 0.747. The van der Waals surface area contributed by atoms with Crippen LogP contribution in [-0.4, -0.2) is 40.6 Å². The maximum atomic E-state index is 12.6. The largest absolute Gasteiger partial charge is 0.444 e. The average molecular weight is 390 g/mol.